The molecule has 0 unspecified atom stereocenters. The summed E-state index contributed by atoms with van der Waals surface area (Å²) >= 11 is 3.65. The topological polar surface area (TPSA) is 40.5 Å². The lowest BCUT2D eigenvalue weighted by Crippen LogP contribution is -2.19. The van der Waals surface area contributed by atoms with Crippen molar-refractivity contribution in [1.29, 1.82) is 0 Å². The molecule has 0 spiro atoms. The van der Waals surface area contributed by atoms with Crippen molar-refractivity contribution < 1.29 is 10.2 Å². The van der Waals surface area contributed by atoms with Gasteiger partial charge in [-0.3, -0.25) is 0 Å². The van der Waals surface area contributed by atoms with Gasteiger partial charge >= 0.3 is 0 Å². The zero-order valence-electron chi connectivity index (χ0n) is 20.5. The molecule has 0 heterocycles. The van der Waals surface area contributed by atoms with Crippen molar-refractivity contribution in [2.75, 3.05) is 24.7 Å². The molecule has 0 amide bonds. The van der Waals surface area contributed by atoms with E-state index in [-0.39, 0.29) is 24.0 Å². The van der Waals surface area contributed by atoms with Gasteiger partial charge in [0.2, 0.25) is 0 Å². The summed E-state index contributed by atoms with van der Waals surface area (Å²) in [6.07, 6.45) is 0. The molecule has 0 radical (unpaired) electrons. The van der Waals surface area contributed by atoms with Gasteiger partial charge in [-0.2, -0.15) is 0 Å². The summed E-state index contributed by atoms with van der Waals surface area (Å²) < 4.78 is 0. The van der Waals surface area contributed by atoms with Crippen molar-refractivity contribution in [1.82, 2.24) is 0 Å². The highest BCUT2D eigenvalue weighted by molar-refractivity contribution is 7.99. The molecule has 0 bridgehead atoms. The highest BCUT2D eigenvalue weighted by Gasteiger charge is 2.23. The Morgan fingerprint density at radius 2 is 0.941 bits per heavy atom. The molecule has 0 fully saturated rings. The van der Waals surface area contributed by atoms with Crippen LogP contribution in [-0.2, 0) is 0 Å². The fraction of sp³-hybridized carbons (Fsp3) is 0.333. The molecule has 4 aromatic carbocycles. The van der Waals surface area contributed by atoms with Gasteiger partial charge in [-0.25, -0.2) is 0 Å². The fourth-order valence-corrected chi connectivity index (χ4v) is 6.21. The third kappa shape index (κ3) is 5.46. The maximum Gasteiger partial charge on any atom is 0.0490 e. The Hall–Kier alpha value is -1.98. The summed E-state index contributed by atoms with van der Waals surface area (Å²) in [5, 5.41) is 24.6. The Labute approximate surface area is 211 Å². The van der Waals surface area contributed by atoms with Crippen LogP contribution in [0.1, 0.15) is 27.7 Å². The van der Waals surface area contributed by atoms with E-state index in [4.69, 9.17) is 0 Å². The van der Waals surface area contributed by atoms with Gasteiger partial charge in [-0.1, -0.05) is 88.4 Å². The van der Waals surface area contributed by atoms with Crippen LogP contribution in [0.25, 0.3) is 32.7 Å². The molecule has 0 aliphatic heterocycles. The zero-order valence-corrected chi connectivity index (χ0v) is 22.1. The van der Waals surface area contributed by atoms with E-state index in [1.807, 2.05) is 23.5 Å². The number of hydrogen-bond donors (Lipinski definition) is 2. The van der Waals surface area contributed by atoms with Crippen LogP contribution in [0.15, 0.2) is 82.6 Å². The molecule has 2 N–H and O–H groups in total. The predicted octanol–water partition coefficient (Wildman–Crippen LogP) is 7.88. The molecule has 0 aliphatic carbocycles. The summed E-state index contributed by atoms with van der Waals surface area (Å²) in [6.45, 7) is 8.75. The first-order chi connectivity index (χ1) is 16.2. The molecule has 0 saturated heterocycles. The Kier molecular flexibility index (Phi) is 7.63. The Balaban J connectivity index is 1.96. The number of fused-ring (bicyclic) bond motifs is 2. The Morgan fingerprint density at radius 3 is 1.32 bits per heavy atom. The van der Waals surface area contributed by atoms with Crippen LogP contribution in [0.4, 0.5) is 0 Å². The highest BCUT2D eigenvalue weighted by Crippen LogP contribution is 2.46. The predicted molar refractivity (Wildman–Crippen MR) is 150 cm³/mol. The summed E-state index contributed by atoms with van der Waals surface area (Å²) in [5.74, 6) is 1.67. The van der Waals surface area contributed by atoms with E-state index in [0.717, 1.165) is 11.5 Å². The largest absolute Gasteiger partial charge is 0.396 e. The standard InChI is InChI=1S/C30H34O2S2/c1-29(2,17-31)19-33-25-15-13-21-9-5-7-11-23(21)27(25)28-24-12-8-6-10-22(24)14-16-26(28)34-20-30(3,4)18-32/h5-16,31-32H,17-20H2,1-4H3. The van der Waals surface area contributed by atoms with E-state index >= 15 is 0 Å². The van der Waals surface area contributed by atoms with E-state index in [0.29, 0.717) is 0 Å². The monoisotopic (exact) mass is 490 g/mol. The minimum Gasteiger partial charge on any atom is -0.396 e. The van der Waals surface area contributed by atoms with Gasteiger partial charge < -0.3 is 10.2 Å². The number of rotatable bonds is 9. The molecule has 2 nitrogen and oxygen atoms in total. The van der Waals surface area contributed by atoms with Gasteiger partial charge in [0.1, 0.15) is 0 Å². The molecular formula is C30H34O2S2. The lowest BCUT2D eigenvalue weighted by atomic mass is 9.93. The number of aliphatic hydroxyl groups is 2. The maximum atomic E-state index is 9.85. The summed E-state index contributed by atoms with van der Waals surface area (Å²) in [5.41, 5.74) is 2.21. The second-order valence-electron chi connectivity index (χ2n) is 10.5. The van der Waals surface area contributed by atoms with E-state index in [1.165, 1.54) is 42.5 Å². The molecule has 0 aromatic heterocycles. The van der Waals surface area contributed by atoms with Crippen LogP contribution in [0.2, 0.25) is 0 Å². The molecule has 34 heavy (non-hydrogen) atoms. The summed E-state index contributed by atoms with van der Waals surface area (Å²) in [7, 11) is 0. The van der Waals surface area contributed by atoms with Gasteiger partial charge in [0, 0.05) is 45.6 Å². The van der Waals surface area contributed by atoms with E-state index < -0.39 is 0 Å². The average Bonchev–Trinajstić information content (AvgIpc) is 2.85. The van der Waals surface area contributed by atoms with Crippen molar-refractivity contribution in [2.45, 2.75) is 37.5 Å². The van der Waals surface area contributed by atoms with E-state index in [1.54, 1.807) is 0 Å². The van der Waals surface area contributed by atoms with Gasteiger partial charge in [-0.15, -0.1) is 23.5 Å². The summed E-state index contributed by atoms with van der Waals surface area (Å²) in [6, 6.07) is 26.1. The van der Waals surface area contributed by atoms with Gasteiger partial charge in [0.05, 0.1) is 0 Å². The van der Waals surface area contributed by atoms with Crippen molar-refractivity contribution in [2.24, 2.45) is 10.8 Å². The molecular weight excluding hydrogens is 456 g/mol. The van der Waals surface area contributed by atoms with Crippen LogP contribution in [0.5, 0.6) is 0 Å². The van der Waals surface area contributed by atoms with E-state index in [2.05, 4.69) is 100 Å². The second-order valence-corrected chi connectivity index (χ2v) is 12.6. The van der Waals surface area contributed by atoms with Gasteiger partial charge in [-0.05, 0) is 44.5 Å². The fourth-order valence-electron chi connectivity index (χ4n) is 3.90. The molecule has 4 aromatic rings. The van der Waals surface area contributed by atoms with Crippen molar-refractivity contribution in [3.05, 3.63) is 72.8 Å². The minimum absolute atomic E-state index is 0.158. The van der Waals surface area contributed by atoms with Crippen LogP contribution < -0.4 is 0 Å². The first-order valence-corrected chi connectivity index (χ1v) is 13.7. The molecule has 0 atom stereocenters. The van der Waals surface area contributed by atoms with Gasteiger partial charge in [0.15, 0.2) is 0 Å². The average molecular weight is 491 g/mol. The highest BCUT2D eigenvalue weighted by atomic mass is 32.2. The number of hydrogen-bond acceptors (Lipinski definition) is 4. The lowest BCUT2D eigenvalue weighted by molar-refractivity contribution is 0.180. The van der Waals surface area contributed by atoms with Crippen LogP contribution in [-0.4, -0.2) is 34.9 Å². The smallest absolute Gasteiger partial charge is 0.0490 e. The van der Waals surface area contributed by atoms with Crippen LogP contribution in [0, 0.1) is 10.8 Å². The normalized spacial score (nSPS) is 12.5. The number of thioether (sulfide) groups is 2. The minimum atomic E-state index is -0.158. The van der Waals surface area contributed by atoms with E-state index in [9.17, 15) is 10.2 Å². The number of benzene rings is 4. The van der Waals surface area contributed by atoms with Crippen molar-refractivity contribution in [3.63, 3.8) is 0 Å². The third-order valence-corrected chi connectivity index (χ3v) is 9.28. The van der Waals surface area contributed by atoms with Crippen molar-refractivity contribution in [3.8, 4) is 11.1 Å². The number of aliphatic hydroxyl groups excluding tert-OH is 2. The van der Waals surface area contributed by atoms with Gasteiger partial charge in [0.25, 0.3) is 0 Å². The SMILES string of the molecule is CC(C)(CO)CSc1ccc2ccccc2c1-c1c(SCC(C)(C)CO)ccc2ccccc12. The Bertz CT molecular complexity index is 1190. The van der Waals surface area contributed by atoms with Crippen LogP contribution >= 0.6 is 23.5 Å². The quantitative estimate of drug-likeness (QED) is 0.234. The van der Waals surface area contributed by atoms with Crippen LogP contribution in [0.3, 0.4) is 0 Å². The molecule has 0 saturated carbocycles. The second kappa shape index (κ2) is 10.3. The zero-order chi connectivity index (χ0) is 24.3. The van der Waals surface area contributed by atoms with Crippen molar-refractivity contribution >= 4 is 45.1 Å². The molecule has 4 rings (SSSR count). The Morgan fingerprint density at radius 1 is 0.559 bits per heavy atom. The lowest BCUT2D eigenvalue weighted by Gasteiger charge is -2.25. The third-order valence-electron chi connectivity index (χ3n) is 6.12. The summed E-state index contributed by atoms with van der Waals surface area (Å²) in [4.78, 5) is 2.47. The maximum absolute atomic E-state index is 9.85. The first-order valence-electron chi connectivity index (χ1n) is 11.8. The first kappa shape index (κ1) is 25.1. The molecule has 0 aliphatic rings. The molecule has 178 valence electrons. The molecule has 4 heteroatoms.